The lowest BCUT2D eigenvalue weighted by atomic mass is 10.1. The fourth-order valence-electron chi connectivity index (χ4n) is 2.13. The minimum atomic E-state index is -0.537. The largest absolute Gasteiger partial charge is 0.389 e. The van der Waals surface area contributed by atoms with Gasteiger partial charge in [-0.3, -0.25) is 0 Å². The predicted octanol–water partition coefficient (Wildman–Crippen LogP) is 3.06. The SMILES string of the molecule is Cc1ccc(C)c(NC[C@H](O)CNC(=S)Nc2ccccc2)c1. The Morgan fingerprint density at radius 2 is 1.83 bits per heavy atom. The molecular formula is C18H23N3OS. The van der Waals surface area contributed by atoms with Crippen LogP contribution in [0.5, 0.6) is 0 Å². The van der Waals surface area contributed by atoms with Crippen LogP contribution < -0.4 is 16.0 Å². The summed E-state index contributed by atoms with van der Waals surface area (Å²) in [6.07, 6.45) is -0.537. The molecule has 2 aromatic rings. The van der Waals surface area contributed by atoms with E-state index >= 15 is 0 Å². The summed E-state index contributed by atoms with van der Waals surface area (Å²) in [5, 5.41) is 19.9. The van der Waals surface area contributed by atoms with E-state index in [1.54, 1.807) is 0 Å². The molecule has 0 bridgehead atoms. The maximum absolute atomic E-state index is 10.1. The van der Waals surface area contributed by atoms with E-state index in [9.17, 15) is 5.11 Å². The number of thiocarbonyl (C=S) groups is 1. The minimum absolute atomic E-state index is 0.385. The molecular weight excluding hydrogens is 306 g/mol. The van der Waals surface area contributed by atoms with Gasteiger partial charge in [0.15, 0.2) is 5.11 Å². The van der Waals surface area contributed by atoms with Crippen LogP contribution in [-0.2, 0) is 0 Å². The van der Waals surface area contributed by atoms with Crippen molar-refractivity contribution in [3.05, 3.63) is 59.7 Å². The number of aliphatic hydroxyl groups is 1. The van der Waals surface area contributed by atoms with Crippen molar-refractivity contribution >= 4 is 28.7 Å². The van der Waals surface area contributed by atoms with E-state index in [2.05, 4.69) is 41.1 Å². The average Bonchev–Trinajstić information content (AvgIpc) is 2.54. The van der Waals surface area contributed by atoms with Crippen molar-refractivity contribution in [2.24, 2.45) is 0 Å². The van der Waals surface area contributed by atoms with Gasteiger partial charge >= 0.3 is 0 Å². The van der Waals surface area contributed by atoms with Crippen LogP contribution in [0.2, 0.25) is 0 Å². The summed E-state index contributed by atoms with van der Waals surface area (Å²) in [6.45, 7) is 4.95. The van der Waals surface area contributed by atoms with Gasteiger partial charge in [-0.25, -0.2) is 0 Å². The molecule has 0 saturated carbocycles. The summed E-state index contributed by atoms with van der Waals surface area (Å²) < 4.78 is 0. The molecule has 0 fully saturated rings. The second-order valence-electron chi connectivity index (χ2n) is 5.55. The fraction of sp³-hybridized carbons (Fsp3) is 0.278. The lowest BCUT2D eigenvalue weighted by Crippen LogP contribution is -2.38. The highest BCUT2D eigenvalue weighted by Gasteiger charge is 2.06. The quantitative estimate of drug-likeness (QED) is 0.614. The first kappa shape index (κ1) is 17.2. The lowest BCUT2D eigenvalue weighted by molar-refractivity contribution is 0.191. The normalized spacial score (nSPS) is 11.6. The molecule has 23 heavy (non-hydrogen) atoms. The van der Waals surface area contributed by atoms with E-state index in [4.69, 9.17) is 12.2 Å². The third-order valence-electron chi connectivity index (χ3n) is 3.45. The van der Waals surface area contributed by atoms with Gasteiger partial charge in [-0.15, -0.1) is 0 Å². The first-order valence-electron chi connectivity index (χ1n) is 7.63. The average molecular weight is 329 g/mol. The third-order valence-corrected chi connectivity index (χ3v) is 3.70. The Kier molecular flexibility index (Phi) is 6.38. The van der Waals surface area contributed by atoms with Crippen LogP contribution in [0.15, 0.2) is 48.5 Å². The molecule has 0 aliphatic rings. The maximum atomic E-state index is 10.1. The van der Waals surface area contributed by atoms with Crippen LogP contribution in [0.3, 0.4) is 0 Å². The first-order chi connectivity index (χ1) is 11.0. The zero-order valence-electron chi connectivity index (χ0n) is 13.5. The summed E-state index contributed by atoms with van der Waals surface area (Å²) in [4.78, 5) is 0. The van der Waals surface area contributed by atoms with E-state index in [-0.39, 0.29) is 0 Å². The Labute approximate surface area is 142 Å². The molecule has 0 spiro atoms. The van der Waals surface area contributed by atoms with Gasteiger partial charge in [-0.05, 0) is 55.4 Å². The second-order valence-corrected chi connectivity index (χ2v) is 5.96. The fourth-order valence-corrected chi connectivity index (χ4v) is 2.33. The molecule has 122 valence electrons. The van der Waals surface area contributed by atoms with Crippen LogP contribution in [0.25, 0.3) is 0 Å². The number of aryl methyl sites for hydroxylation is 2. The van der Waals surface area contributed by atoms with Crippen LogP contribution in [0, 0.1) is 13.8 Å². The number of benzene rings is 2. The number of para-hydroxylation sites is 1. The summed E-state index contributed by atoms with van der Waals surface area (Å²) in [5.41, 5.74) is 4.33. The predicted molar refractivity (Wildman–Crippen MR) is 101 cm³/mol. The van der Waals surface area contributed by atoms with Crippen LogP contribution in [-0.4, -0.2) is 29.4 Å². The highest BCUT2D eigenvalue weighted by molar-refractivity contribution is 7.80. The van der Waals surface area contributed by atoms with Crippen molar-refractivity contribution in [1.82, 2.24) is 5.32 Å². The molecule has 4 nitrogen and oxygen atoms in total. The summed E-state index contributed by atoms with van der Waals surface area (Å²) >= 11 is 5.22. The van der Waals surface area contributed by atoms with Crippen molar-refractivity contribution in [3.8, 4) is 0 Å². The van der Waals surface area contributed by atoms with E-state index in [0.29, 0.717) is 18.2 Å². The Balaban J connectivity index is 1.73. The summed E-state index contributed by atoms with van der Waals surface area (Å²) in [6, 6.07) is 15.9. The molecule has 5 heteroatoms. The number of hydrogen-bond acceptors (Lipinski definition) is 3. The Hall–Kier alpha value is -2.11. The molecule has 4 N–H and O–H groups in total. The molecule has 0 amide bonds. The molecule has 1 atom stereocenters. The van der Waals surface area contributed by atoms with Crippen molar-refractivity contribution < 1.29 is 5.11 Å². The molecule has 0 radical (unpaired) electrons. The van der Waals surface area contributed by atoms with E-state index < -0.39 is 6.10 Å². The zero-order chi connectivity index (χ0) is 16.7. The topological polar surface area (TPSA) is 56.3 Å². The van der Waals surface area contributed by atoms with Crippen LogP contribution in [0.1, 0.15) is 11.1 Å². The number of aliphatic hydroxyl groups excluding tert-OH is 1. The summed E-state index contributed by atoms with van der Waals surface area (Å²) in [7, 11) is 0. The number of anilines is 2. The van der Waals surface area contributed by atoms with Gasteiger partial charge in [0, 0.05) is 24.5 Å². The molecule has 0 unspecified atom stereocenters. The van der Waals surface area contributed by atoms with Gasteiger partial charge in [-0.2, -0.15) is 0 Å². The lowest BCUT2D eigenvalue weighted by Gasteiger charge is -2.17. The number of rotatable bonds is 6. The Morgan fingerprint density at radius 1 is 1.09 bits per heavy atom. The zero-order valence-corrected chi connectivity index (χ0v) is 14.3. The van der Waals surface area contributed by atoms with Gasteiger partial charge in [0.05, 0.1) is 6.10 Å². The van der Waals surface area contributed by atoms with Gasteiger partial charge in [0.1, 0.15) is 0 Å². The molecule has 0 saturated heterocycles. The van der Waals surface area contributed by atoms with E-state index in [0.717, 1.165) is 16.9 Å². The van der Waals surface area contributed by atoms with Crippen molar-refractivity contribution in [2.45, 2.75) is 20.0 Å². The highest BCUT2D eigenvalue weighted by Crippen LogP contribution is 2.16. The molecule has 0 heterocycles. The van der Waals surface area contributed by atoms with Gasteiger partial charge in [0.25, 0.3) is 0 Å². The highest BCUT2D eigenvalue weighted by atomic mass is 32.1. The molecule has 2 aromatic carbocycles. The van der Waals surface area contributed by atoms with Crippen molar-refractivity contribution in [1.29, 1.82) is 0 Å². The smallest absolute Gasteiger partial charge is 0.170 e. The standard InChI is InChI=1S/C18H23N3OS/c1-13-8-9-14(2)17(10-13)19-11-16(22)12-20-18(23)21-15-6-4-3-5-7-15/h3-10,16,19,22H,11-12H2,1-2H3,(H2,20,21,23)/t16-/m0/s1. The van der Waals surface area contributed by atoms with Crippen molar-refractivity contribution in [2.75, 3.05) is 23.7 Å². The molecule has 0 aliphatic heterocycles. The number of nitrogens with one attached hydrogen (secondary N) is 3. The maximum Gasteiger partial charge on any atom is 0.170 e. The molecule has 0 aromatic heterocycles. The Morgan fingerprint density at radius 3 is 2.57 bits per heavy atom. The molecule has 2 rings (SSSR count). The van der Waals surface area contributed by atoms with Crippen LogP contribution in [0.4, 0.5) is 11.4 Å². The van der Waals surface area contributed by atoms with Gasteiger partial charge in [0.2, 0.25) is 0 Å². The second kappa shape index (κ2) is 8.50. The monoisotopic (exact) mass is 329 g/mol. The molecule has 0 aliphatic carbocycles. The Bertz CT molecular complexity index is 646. The van der Waals surface area contributed by atoms with Gasteiger partial charge in [-0.1, -0.05) is 30.3 Å². The van der Waals surface area contributed by atoms with E-state index in [1.807, 2.05) is 37.3 Å². The van der Waals surface area contributed by atoms with Crippen molar-refractivity contribution in [3.63, 3.8) is 0 Å². The first-order valence-corrected chi connectivity index (χ1v) is 8.04. The summed E-state index contributed by atoms with van der Waals surface area (Å²) in [5.74, 6) is 0. The minimum Gasteiger partial charge on any atom is -0.389 e. The third kappa shape index (κ3) is 5.88. The van der Waals surface area contributed by atoms with Crippen LogP contribution >= 0.6 is 12.2 Å². The van der Waals surface area contributed by atoms with Gasteiger partial charge < -0.3 is 21.1 Å². The number of hydrogen-bond donors (Lipinski definition) is 4. The van der Waals surface area contributed by atoms with E-state index in [1.165, 1.54) is 5.56 Å².